The van der Waals surface area contributed by atoms with Crippen LogP contribution < -0.4 is 4.90 Å². The lowest BCUT2D eigenvalue weighted by molar-refractivity contribution is 0.0665. The number of aromatic amines is 1. The van der Waals surface area contributed by atoms with Gasteiger partial charge in [-0.05, 0) is 55.3 Å². The summed E-state index contributed by atoms with van der Waals surface area (Å²) in [4.78, 5) is 19.1. The molecule has 1 fully saturated rings. The van der Waals surface area contributed by atoms with E-state index in [9.17, 15) is 4.79 Å². The first-order chi connectivity index (χ1) is 15.6. The second-order valence-electron chi connectivity index (χ2n) is 8.26. The van der Waals surface area contributed by atoms with Gasteiger partial charge in [0.25, 0.3) is 0 Å². The number of benzene rings is 2. The molecule has 3 heterocycles. The van der Waals surface area contributed by atoms with E-state index in [4.69, 9.17) is 14.8 Å². The van der Waals surface area contributed by atoms with Crippen LogP contribution in [0.25, 0.3) is 21.9 Å². The van der Waals surface area contributed by atoms with Gasteiger partial charge in [-0.15, -0.1) is 0 Å². The van der Waals surface area contributed by atoms with Crippen molar-refractivity contribution in [1.82, 2.24) is 9.88 Å². The van der Waals surface area contributed by atoms with Crippen LogP contribution in [-0.2, 0) is 6.42 Å². The van der Waals surface area contributed by atoms with Crippen LogP contribution in [0.5, 0.6) is 0 Å². The number of carbonyl (C=O) groups is 1. The number of anilines is 1. The van der Waals surface area contributed by atoms with Gasteiger partial charge < -0.3 is 19.4 Å². The summed E-state index contributed by atoms with van der Waals surface area (Å²) in [6, 6.07) is 16.0. The lowest BCUT2D eigenvalue weighted by Crippen LogP contribution is -2.46. The second kappa shape index (κ2) is 8.40. The minimum atomic E-state index is -1.05. The Morgan fingerprint density at radius 3 is 2.75 bits per heavy atom. The van der Waals surface area contributed by atoms with Gasteiger partial charge in [0.2, 0.25) is 5.76 Å². The Labute approximate surface area is 185 Å². The number of piperazine rings is 1. The average Bonchev–Trinajstić information content (AvgIpc) is 3.43. The van der Waals surface area contributed by atoms with E-state index in [1.807, 2.05) is 24.3 Å². The summed E-state index contributed by atoms with van der Waals surface area (Å²) >= 11 is 0. The average molecular weight is 428 g/mol. The molecule has 0 unspecified atom stereocenters. The molecule has 0 radical (unpaired) electrons. The molecule has 1 aliphatic heterocycles. The molecule has 1 aliphatic rings. The highest BCUT2D eigenvalue weighted by molar-refractivity contribution is 5.92. The number of hydrogen-bond donors (Lipinski definition) is 2. The molecule has 0 bridgehead atoms. The van der Waals surface area contributed by atoms with Gasteiger partial charge >= 0.3 is 5.97 Å². The summed E-state index contributed by atoms with van der Waals surface area (Å²) < 4.78 is 5.36. The van der Waals surface area contributed by atoms with Crippen LogP contribution in [0, 0.1) is 11.3 Å². The minimum absolute atomic E-state index is 0.0251. The van der Waals surface area contributed by atoms with Gasteiger partial charge in [-0.3, -0.25) is 4.90 Å². The van der Waals surface area contributed by atoms with Gasteiger partial charge in [0.1, 0.15) is 11.7 Å². The minimum Gasteiger partial charge on any atom is -0.475 e. The maximum atomic E-state index is 11.1. The maximum absolute atomic E-state index is 11.1. The normalized spacial score (nSPS) is 14.8. The molecule has 4 aromatic rings. The maximum Gasteiger partial charge on any atom is 0.371 e. The first-order valence-corrected chi connectivity index (χ1v) is 10.8. The Hall–Kier alpha value is -3.76. The van der Waals surface area contributed by atoms with Crippen molar-refractivity contribution in [2.75, 3.05) is 37.6 Å². The lowest BCUT2D eigenvalue weighted by atomic mass is 10.1. The molecule has 7 nitrogen and oxygen atoms in total. The molecule has 0 aliphatic carbocycles. The molecule has 0 atom stereocenters. The van der Waals surface area contributed by atoms with Crippen LogP contribution in [0.4, 0.5) is 5.69 Å². The smallest absolute Gasteiger partial charge is 0.371 e. The monoisotopic (exact) mass is 428 g/mol. The van der Waals surface area contributed by atoms with Crippen LogP contribution in [0.3, 0.4) is 0 Å². The fourth-order valence-electron chi connectivity index (χ4n) is 4.49. The fraction of sp³-hybridized carbons (Fsp3) is 0.280. The molecule has 2 aromatic heterocycles. The van der Waals surface area contributed by atoms with Crippen molar-refractivity contribution in [2.24, 2.45) is 0 Å². The zero-order valence-electron chi connectivity index (χ0n) is 17.7. The van der Waals surface area contributed by atoms with Crippen molar-refractivity contribution in [3.05, 3.63) is 65.5 Å². The molecular formula is C25H24N4O3. The van der Waals surface area contributed by atoms with E-state index in [2.05, 4.69) is 33.0 Å². The van der Waals surface area contributed by atoms with Gasteiger partial charge in [-0.2, -0.15) is 5.26 Å². The van der Waals surface area contributed by atoms with E-state index in [0.29, 0.717) is 11.1 Å². The number of aromatic nitrogens is 1. The lowest BCUT2D eigenvalue weighted by Gasteiger charge is -2.36. The van der Waals surface area contributed by atoms with Crippen LogP contribution in [0.1, 0.15) is 28.1 Å². The van der Waals surface area contributed by atoms with Crippen molar-refractivity contribution < 1.29 is 14.3 Å². The number of hydrogen-bond acceptors (Lipinski definition) is 5. The first-order valence-electron chi connectivity index (χ1n) is 10.8. The second-order valence-corrected chi connectivity index (χ2v) is 8.26. The topological polar surface area (TPSA) is 96.5 Å². The number of aryl methyl sites for hydroxylation is 1. The highest BCUT2D eigenvalue weighted by Gasteiger charge is 2.18. The van der Waals surface area contributed by atoms with Crippen molar-refractivity contribution in [3.8, 4) is 6.07 Å². The van der Waals surface area contributed by atoms with E-state index < -0.39 is 5.97 Å². The summed E-state index contributed by atoms with van der Waals surface area (Å²) in [6.45, 7) is 4.96. The third-order valence-corrected chi connectivity index (χ3v) is 6.25. The summed E-state index contributed by atoms with van der Waals surface area (Å²) in [6.07, 6.45) is 3.87. The van der Waals surface area contributed by atoms with Crippen molar-refractivity contribution >= 4 is 33.5 Å². The highest BCUT2D eigenvalue weighted by Crippen LogP contribution is 2.26. The zero-order chi connectivity index (χ0) is 22.1. The van der Waals surface area contributed by atoms with Crippen LogP contribution in [-0.4, -0.2) is 53.7 Å². The Kier molecular flexibility index (Phi) is 5.29. The Morgan fingerprint density at radius 1 is 1.12 bits per heavy atom. The molecule has 7 heteroatoms. The molecule has 0 spiro atoms. The number of fused-ring (bicyclic) bond motifs is 2. The largest absolute Gasteiger partial charge is 0.475 e. The Balaban J connectivity index is 1.14. The summed E-state index contributed by atoms with van der Waals surface area (Å²) in [5, 5.41) is 20.1. The molecule has 0 amide bonds. The molecule has 162 valence electrons. The van der Waals surface area contributed by atoms with Gasteiger partial charge in [0.05, 0.1) is 5.56 Å². The summed E-state index contributed by atoms with van der Waals surface area (Å²) in [5.74, 6) is -1.07. The molecular weight excluding hydrogens is 404 g/mol. The van der Waals surface area contributed by atoms with E-state index >= 15 is 0 Å². The number of nitrogens with one attached hydrogen (secondary N) is 1. The number of carboxylic acid groups (broad SMARTS) is 1. The van der Waals surface area contributed by atoms with Gasteiger partial charge in [0.15, 0.2) is 0 Å². The third-order valence-electron chi connectivity index (χ3n) is 6.25. The molecule has 0 saturated carbocycles. The van der Waals surface area contributed by atoms with Crippen LogP contribution in [0.2, 0.25) is 0 Å². The molecule has 32 heavy (non-hydrogen) atoms. The van der Waals surface area contributed by atoms with Crippen molar-refractivity contribution in [3.63, 3.8) is 0 Å². The highest BCUT2D eigenvalue weighted by atomic mass is 16.4. The quantitative estimate of drug-likeness (QED) is 0.477. The zero-order valence-corrected chi connectivity index (χ0v) is 17.7. The summed E-state index contributed by atoms with van der Waals surface area (Å²) in [7, 11) is 0. The molecule has 1 saturated heterocycles. The number of nitrogens with zero attached hydrogens (tertiary/aromatic N) is 3. The van der Waals surface area contributed by atoms with E-state index in [0.717, 1.165) is 67.5 Å². The number of carboxylic acids is 1. The Bertz CT molecular complexity index is 1320. The SMILES string of the molecule is N#Cc1c[nH]c2cc(CCCN3CCN(c4ccc5oc(C(=O)O)cc5c4)CC3)ccc12. The van der Waals surface area contributed by atoms with Crippen LogP contribution >= 0.6 is 0 Å². The van der Waals surface area contributed by atoms with E-state index in [-0.39, 0.29) is 5.76 Å². The molecule has 2 aromatic carbocycles. The van der Waals surface area contributed by atoms with E-state index in [1.54, 1.807) is 12.3 Å². The summed E-state index contributed by atoms with van der Waals surface area (Å²) in [5.41, 5.74) is 4.71. The predicted molar refractivity (Wildman–Crippen MR) is 123 cm³/mol. The number of rotatable bonds is 6. The predicted octanol–water partition coefficient (Wildman–Crippen LogP) is 4.24. The number of nitriles is 1. The van der Waals surface area contributed by atoms with Gasteiger partial charge in [0, 0.05) is 54.4 Å². The first kappa shape index (κ1) is 20.2. The van der Waals surface area contributed by atoms with E-state index in [1.165, 1.54) is 5.56 Å². The van der Waals surface area contributed by atoms with Gasteiger partial charge in [-0.25, -0.2) is 4.79 Å². The molecule has 2 N–H and O–H groups in total. The number of furan rings is 1. The third kappa shape index (κ3) is 3.93. The van der Waals surface area contributed by atoms with Crippen molar-refractivity contribution in [1.29, 1.82) is 5.26 Å². The van der Waals surface area contributed by atoms with Gasteiger partial charge in [-0.1, -0.05) is 12.1 Å². The Morgan fingerprint density at radius 2 is 1.97 bits per heavy atom. The van der Waals surface area contributed by atoms with Crippen LogP contribution in [0.15, 0.2) is 53.1 Å². The molecule has 5 rings (SSSR count). The number of aromatic carboxylic acids is 1. The standard InChI is InChI=1S/C25H24N4O3/c26-15-19-16-27-22-12-17(3-5-21(19)22)2-1-7-28-8-10-29(11-9-28)20-4-6-23-18(13-20)14-24(32-23)25(30)31/h3-6,12-14,16,27H,1-2,7-11H2,(H,30,31). The van der Waals surface area contributed by atoms with Crippen molar-refractivity contribution in [2.45, 2.75) is 12.8 Å². The fourth-order valence-corrected chi connectivity index (χ4v) is 4.49. The number of H-pyrrole nitrogens is 1.